The van der Waals surface area contributed by atoms with Crippen molar-refractivity contribution in [1.82, 2.24) is 0 Å². The van der Waals surface area contributed by atoms with Gasteiger partial charge in [0.25, 0.3) is 0 Å². The third-order valence-electron chi connectivity index (χ3n) is 4.88. The molecule has 1 heterocycles. The molecule has 4 aromatic rings. The van der Waals surface area contributed by atoms with Gasteiger partial charge in [0.1, 0.15) is 11.3 Å². The number of fused-ring (bicyclic) bond motifs is 1. The maximum Gasteiger partial charge on any atom is 0.342 e. The molecule has 0 spiro atoms. The summed E-state index contributed by atoms with van der Waals surface area (Å²) < 4.78 is 11.2. The topological polar surface area (TPSA) is 73.6 Å². The number of benzene rings is 3. The zero-order valence-electron chi connectivity index (χ0n) is 16.6. The van der Waals surface area contributed by atoms with E-state index in [4.69, 9.17) is 20.8 Å². The van der Waals surface area contributed by atoms with Crippen LogP contribution in [0.2, 0.25) is 5.02 Å². The fourth-order valence-electron chi connectivity index (χ4n) is 3.29. The van der Waals surface area contributed by atoms with E-state index in [-0.39, 0.29) is 22.0 Å². The molecule has 154 valence electrons. The molecule has 5 nitrogen and oxygen atoms in total. The zero-order chi connectivity index (χ0) is 22.0. The molecular weight excluding hydrogens is 416 g/mol. The Balaban J connectivity index is 1.69. The molecule has 0 aliphatic heterocycles. The molecule has 31 heavy (non-hydrogen) atoms. The zero-order valence-corrected chi connectivity index (χ0v) is 17.3. The van der Waals surface area contributed by atoms with E-state index in [1.165, 1.54) is 12.1 Å². The van der Waals surface area contributed by atoms with Crippen molar-refractivity contribution in [3.63, 3.8) is 0 Å². The minimum absolute atomic E-state index is 0.0747. The molecule has 0 unspecified atom stereocenters. The molecule has 0 saturated heterocycles. The summed E-state index contributed by atoms with van der Waals surface area (Å²) in [7, 11) is 0. The van der Waals surface area contributed by atoms with Crippen LogP contribution < -0.4 is 5.43 Å². The van der Waals surface area contributed by atoms with E-state index in [0.29, 0.717) is 21.9 Å². The minimum Gasteiger partial charge on any atom is -0.455 e. The van der Waals surface area contributed by atoms with Crippen LogP contribution in [0.15, 0.2) is 82.0 Å². The maximum absolute atomic E-state index is 12.9. The Labute approximate surface area is 182 Å². The normalized spacial score (nSPS) is 10.8. The van der Waals surface area contributed by atoms with Crippen LogP contribution in [0.25, 0.3) is 22.3 Å². The molecular formula is C25H17ClO5. The summed E-state index contributed by atoms with van der Waals surface area (Å²) in [5, 5.41) is 0.685. The Morgan fingerprint density at radius 1 is 0.968 bits per heavy atom. The van der Waals surface area contributed by atoms with Gasteiger partial charge in [0, 0.05) is 21.7 Å². The quantitative estimate of drug-likeness (QED) is 0.309. The lowest BCUT2D eigenvalue weighted by molar-refractivity contribution is 0.0475. The van der Waals surface area contributed by atoms with Crippen molar-refractivity contribution in [3.8, 4) is 11.3 Å². The van der Waals surface area contributed by atoms with E-state index < -0.39 is 18.4 Å². The lowest BCUT2D eigenvalue weighted by atomic mass is 10.0. The Morgan fingerprint density at radius 3 is 2.45 bits per heavy atom. The predicted molar refractivity (Wildman–Crippen MR) is 119 cm³/mol. The highest BCUT2D eigenvalue weighted by atomic mass is 35.5. The highest BCUT2D eigenvalue weighted by molar-refractivity contribution is 6.31. The minimum atomic E-state index is -0.757. The lowest BCUT2D eigenvalue weighted by Gasteiger charge is -2.10. The summed E-state index contributed by atoms with van der Waals surface area (Å²) >= 11 is 5.90. The number of halogens is 1. The second-order valence-corrected chi connectivity index (χ2v) is 7.38. The number of ether oxygens (including phenoxy) is 1. The molecule has 3 aromatic carbocycles. The van der Waals surface area contributed by atoms with Crippen LogP contribution in [0.3, 0.4) is 0 Å². The number of carbonyl (C=O) groups excluding carboxylic acids is 2. The second-order valence-electron chi connectivity index (χ2n) is 6.94. The summed E-state index contributed by atoms with van der Waals surface area (Å²) in [5.41, 5.74) is 1.47. The summed E-state index contributed by atoms with van der Waals surface area (Å²) in [5.74, 6) is -0.765. The number of Topliss-reactive ketones (excluding diaryl/α,β-unsaturated/α-hetero) is 1. The monoisotopic (exact) mass is 432 g/mol. The van der Waals surface area contributed by atoms with Crippen LogP contribution in [0.1, 0.15) is 26.3 Å². The second kappa shape index (κ2) is 8.58. The van der Waals surface area contributed by atoms with Gasteiger partial charge in [0.15, 0.2) is 23.4 Å². The number of rotatable bonds is 5. The maximum atomic E-state index is 12.9. The Kier molecular flexibility index (Phi) is 5.69. The van der Waals surface area contributed by atoms with Gasteiger partial charge in [-0.25, -0.2) is 4.79 Å². The molecule has 4 rings (SSSR count). The third-order valence-corrected chi connectivity index (χ3v) is 5.12. The predicted octanol–water partition coefficient (Wildman–Crippen LogP) is 5.46. The number of para-hydroxylation sites is 1. The van der Waals surface area contributed by atoms with Crippen molar-refractivity contribution < 1.29 is 18.7 Å². The van der Waals surface area contributed by atoms with E-state index >= 15 is 0 Å². The number of hydrogen-bond donors (Lipinski definition) is 0. The summed E-state index contributed by atoms with van der Waals surface area (Å²) in [6, 6.07) is 20.2. The summed E-state index contributed by atoms with van der Waals surface area (Å²) in [6.07, 6.45) is 0. The molecule has 0 N–H and O–H groups in total. The Hall–Kier alpha value is -3.70. The van der Waals surface area contributed by atoms with Crippen LogP contribution in [0, 0.1) is 6.92 Å². The van der Waals surface area contributed by atoms with Gasteiger partial charge in [-0.2, -0.15) is 0 Å². The standard InChI is InChI=1S/C25H17ClO5/c1-15-22(28)19-11-6-12-20(24(19)31-23(15)16-7-3-2-4-8-16)25(29)30-14-21(27)17-9-5-10-18(26)13-17/h2-13H,14H2,1H3. The molecule has 6 heteroatoms. The van der Waals surface area contributed by atoms with Gasteiger partial charge in [-0.1, -0.05) is 60.1 Å². The average molecular weight is 433 g/mol. The van der Waals surface area contributed by atoms with Crippen molar-refractivity contribution in [2.24, 2.45) is 0 Å². The van der Waals surface area contributed by atoms with Crippen LogP contribution in [-0.4, -0.2) is 18.4 Å². The molecule has 0 radical (unpaired) electrons. The van der Waals surface area contributed by atoms with Crippen molar-refractivity contribution in [2.75, 3.05) is 6.61 Å². The van der Waals surface area contributed by atoms with Gasteiger partial charge < -0.3 is 9.15 Å². The molecule has 0 bridgehead atoms. The molecule has 0 amide bonds. The average Bonchev–Trinajstić information content (AvgIpc) is 2.79. The summed E-state index contributed by atoms with van der Waals surface area (Å²) in [6.45, 7) is 1.22. The van der Waals surface area contributed by atoms with Crippen LogP contribution in [0.4, 0.5) is 0 Å². The van der Waals surface area contributed by atoms with E-state index in [9.17, 15) is 14.4 Å². The first kappa shape index (κ1) is 20.6. The highest BCUT2D eigenvalue weighted by Crippen LogP contribution is 2.27. The Morgan fingerprint density at radius 2 is 1.71 bits per heavy atom. The van der Waals surface area contributed by atoms with Gasteiger partial charge in [0.05, 0.1) is 5.39 Å². The molecule has 0 atom stereocenters. The molecule has 0 fully saturated rings. The SMILES string of the molecule is Cc1c(-c2ccccc2)oc2c(C(=O)OCC(=O)c3cccc(Cl)c3)cccc2c1=O. The first-order valence-corrected chi connectivity index (χ1v) is 9.91. The third kappa shape index (κ3) is 4.13. The van der Waals surface area contributed by atoms with E-state index in [0.717, 1.165) is 5.56 Å². The largest absolute Gasteiger partial charge is 0.455 e. The first-order chi connectivity index (χ1) is 15.0. The Bertz CT molecular complexity index is 1360. The van der Waals surface area contributed by atoms with Gasteiger partial charge in [-0.15, -0.1) is 0 Å². The van der Waals surface area contributed by atoms with Crippen LogP contribution in [-0.2, 0) is 4.74 Å². The fraction of sp³-hybridized carbons (Fsp3) is 0.0800. The number of ketones is 1. The summed E-state index contributed by atoms with van der Waals surface area (Å²) in [4.78, 5) is 38.0. The van der Waals surface area contributed by atoms with Gasteiger partial charge in [0.2, 0.25) is 0 Å². The van der Waals surface area contributed by atoms with Crippen molar-refractivity contribution in [3.05, 3.63) is 105 Å². The molecule has 0 saturated carbocycles. The lowest BCUT2D eigenvalue weighted by Crippen LogP contribution is -2.15. The molecule has 0 aliphatic carbocycles. The molecule has 0 aliphatic rings. The van der Waals surface area contributed by atoms with Gasteiger partial charge >= 0.3 is 5.97 Å². The van der Waals surface area contributed by atoms with Gasteiger partial charge in [-0.3, -0.25) is 9.59 Å². The highest BCUT2D eigenvalue weighted by Gasteiger charge is 2.20. The smallest absolute Gasteiger partial charge is 0.342 e. The van der Waals surface area contributed by atoms with E-state index in [1.54, 1.807) is 37.3 Å². The van der Waals surface area contributed by atoms with E-state index in [2.05, 4.69) is 0 Å². The molecule has 1 aromatic heterocycles. The van der Waals surface area contributed by atoms with Crippen LogP contribution >= 0.6 is 11.6 Å². The van der Waals surface area contributed by atoms with Crippen molar-refractivity contribution >= 4 is 34.3 Å². The van der Waals surface area contributed by atoms with E-state index in [1.807, 2.05) is 30.3 Å². The number of hydrogen-bond acceptors (Lipinski definition) is 5. The fourth-order valence-corrected chi connectivity index (χ4v) is 3.48. The van der Waals surface area contributed by atoms with Gasteiger partial charge in [-0.05, 0) is 31.2 Å². The van der Waals surface area contributed by atoms with Crippen molar-refractivity contribution in [2.45, 2.75) is 6.92 Å². The number of carbonyl (C=O) groups is 2. The number of esters is 1. The van der Waals surface area contributed by atoms with Crippen molar-refractivity contribution in [1.29, 1.82) is 0 Å². The first-order valence-electron chi connectivity index (χ1n) is 9.53. The van der Waals surface area contributed by atoms with Crippen LogP contribution in [0.5, 0.6) is 0 Å².